The molecule has 4 aromatic carbocycles. The molecule has 0 amide bonds. The van der Waals surface area contributed by atoms with E-state index >= 15 is 0 Å². The molecular weight excluding hydrogens is 567 g/mol. The van der Waals surface area contributed by atoms with Crippen molar-refractivity contribution in [1.29, 1.82) is 0 Å². The second-order valence-electron chi connectivity index (χ2n) is 11.7. The number of nitrogens with zero attached hydrogens (tertiary/aromatic N) is 2. The second-order valence-corrected chi connectivity index (χ2v) is 12.7. The number of thiazole rings is 1. The molecule has 0 fully saturated rings. The SMILES string of the molecule is C1=C(C2=NC(c3ccccc3)C=C(c3ccc(-c4ccccc4)cc3)N2)CCC(C2=c3nc(-c4ccccc4)sc3=CCC2)=C1. The van der Waals surface area contributed by atoms with Crippen LogP contribution in [0.1, 0.15) is 42.9 Å². The minimum atomic E-state index is -0.0465. The highest BCUT2D eigenvalue weighted by Gasteiger charge is 2.23. The minimum absolute atomic E-state index is 0.0465. The van der Waals surface area contributed by atoms with Gasteiger partial charge in [-0.3, -0.25) is 4.99 Å². The second kappa shape index (κ2) is 12.1. The number of nitrogens with one attached hydrogen (secondary N) is 1. The molecule has 0 saturated heterocycles. The Morgan fingerprint density at radius 2 is 1.24 bits per heavy atom. The van der Waals surface area contributed by atoms with Gasteiger partial charge in [-0.25, -0.2) is 4.98 Å². The van der Waals surface area contributed by atoms with E-state index in [0.29, 0.717) is 0 Å². The lowest BCUT2D eigenvalue weighted by atomic mass is 9.88. The number of aliphatic imine (C=N–C) groups is 1. The quantitative estimate of drug-likeness (QED) is 0.212. The molecule has 3 nitrogen and oxygen atoms in total. The van der Waals surface area contributed by atoms with E-state index in [4.69, 9.17) is 9.98 Å². The van der Waals surface area contributed by atoms with Crippen LogP contribution in [-0.4, -0.2) is 10.8 Å². The van der Waals surface area contributed by atoms with Gasteiger partial charge >= 0.3 is 0 Å². The molecule has 1 aliphatic heterocycles. The molecule has 45 heavy (non-hydrogen) atoms. The summed E-state index contributed by atoms with van der Waals surface area (Å²) in [7, 11) is 0. The van der Waals surface area contributed by atoms with E-state index in [1.807, 2.05) is 11.3 Å². The number of aromatic nitrogens is 1. The average Bonchev–Trinajstić information content (AvgIpc) is 3.58. The van der Waals surface area contributed by atoms with Crippen LogP contribution in [0.25, 0.3) is 39.0 Å². The fourth-order valence-corrected chi connectivity index (χ4v) is 7.48. The van der Waals surface area contributed by atoms with Crippen LogP contribution in [0.3, 0.4) is 0 Å². The Labute approximate surface area is 268 Å². The Morgan fingerprint density at radius 3 is 1.96 bits per heavy atom. The first-order valence-electron chi connectivity index (χ1n) is 15.7. The van der Waals surface area contributed by atoms with Gasteiger partial charge in [0.15, 0.2) is 0 Å². The van der Waals surface area contributed by atoms with Crippen molar-refractivity contribution < 1.29 is 0 Å². The van der Waals surface area contributed by atoms with Crippen LogP contribution >= 0.6 is 11.3 Å². The maximum Gasteiger partial charge on any atom is 0.129 e. The summed E-state index contributed by atoms with van der Waals surface area (Å²) in [6, 6.07) is 40.5. The Hall–Kier alpha value is -5.06. The lowest BCUT2D eigenvalue weighted by molar-refractivity contribution is 0.863. The van der Waals surface area contributed by atoms with E-state index in [2.05, 4.69) is 145 Å². The van der Waals surface area contributed by atoms with Gasteiger partial charge in [0, 0.05) is 11.3 Å². The highest BCUT2D eigenvalue weighted by Crippen LogP contribution is 2.33. The Morgan fingerprint density at radius 1 is 0.622 bits per heavy atom. The van der Waals surface area contributed by atoms with Crippen molar-refractivity contribution in [2.45, 2.75) is 31.7 Å². The van der Waals surface area contributed by atoms with Crippen molar-refractivity contribution in [2.24, 2.45) is 4.99 Å². The third kappa shape index (κ3) is 5.65. The molecule has 0 spiro atoms. The molecule has 4 heteroatoms. The van der Waals surface area contributed by atoms with Gasteiger partial charge in [-0.2, -0.15) is 0 Å². The summed E-state index contributed by atoms with van der Waals surface area (Å²) in [5.74, 6) is 0.964. The molecule has 1 aromatic heterocycles. The van der Waals surface area contributed by atoms with Gasteiger partial charge in [-0.1, -0.05) is 133 Å². The molecule has 5 aromatic rings. The van der Waals surface area contributed by atoms with Crippen molar-refractivity contribution in [1.82, 2.24) is 10.3 Å². The number of hydrogen-bond acceptors (Lipinski definition) is 4. The molecule has 0 saturated carbocycles. The molecule has 1 unspecified atom stereocenters. The first-order chi connectivity index (χ1) is 22.3. The largest absolute Gasteiger partial charge is 0.340 e. The predicted octanol–water partition coefficient (Wildman–Crippen LogP) is 8.63. The highest BCUT2D eigenvalue weighted by molar-refractivity contribution is 7.13. The smallest absolute Gasteiger partial charge is 0.129 e. The molecule has 8 rings (SSSR count). The average molecular weight is 600 g/mol. The summed E-state index contributed by atoms with van der Waals surface area (Å²) < 4.78 is 1.31. The number of allylic oxidation sites excluding steroid dienone is 3. The van der Waals surface area contributed by atoms with Crippen molar-refractivity contribution in [2.75, 3.05) is 0 Å². The summed E-state index contributed by atoms with van der Waals surface area (Å²) in [5.41, 5.74) is 11.1. The van der Waals surface area contributed by atoms with Crippen molar-refractivity contribution in [3.05, 3.63) is 166 Å². The summed E-state index contributed by atoms with van der Waals surface area (Å²) in [6.45, 7) is 0. The van der Waals surface area contributed by atoms with Crippen LogP contribution in [0.4, 0.5) is 0 Å². The normalized spacial score (nSPS) is 17.6. The van der Waals surface area contributed by atoms with E-state index in [-0.39, 0.29) is 6.04 Å². The molecule has 2 aliphatic carbocycles. The fraction of sp³-hybridized carbons (Fsp3) is 0.122. The van der Waals surface area contributed by atoms with Crippen molar-refractivity contribution >= 4 is 34.5 Å². The van der Waals surface area contributed by atoms with Gasteiger partial charge < -0.3 is 5.32 Å². The standard InChI is InChI=1S/C41H33N3S/c1-4-11-28(12-5-1)29-19-23-32(24-20-29)37-27-36(31-13-6-2-7-14-31)42-40(43-37)33-25-21-30(22-26-33)35-17-10-18-38-39(35)44-41(45-38)34-15-8-3-9-16-34/h1-9,11-16,18-21,23-25,27,36H,10,17,22,26H2,(H,42,43). The Kier molecular flexibility index (Phi) is 7.42. The molecule has 3 aliphatic rings. The van der Waals surface area contributed by atoms with Gasteiger partial charge in [0.25, 0.3) is 0 Å². The number of fused-ring (bicyclic) bond motifs is 1. The highest BCUT2D eigenvalue weighted by atomic mass is 32.1. The molecule has 1 atom stereocenters. The topological polar surface area (TPSA) is 37.3 Å². The van der Waals surface area contributed by atoms with E-state index < -0.39 is 0 Å². The van der Waals surface area contributed by atoms with Gasteiger partial charge in [-0.15, -0.1) is 11.3 Å². The summed E-state index contributed by atoms with van der Waals surface area (Å²) in [6.07, 6.45) is 13.3. The van der Waals surface area contributed by atoms with E-state index in [9.17, 15) is 0 Å². The molecule has 0 radical (unpaired) electrons. The summed E-state index contributed by atoms with van der Waals surface area (Å²) >= 11 is 1.81. The fourth-order valence-electron chi connectivity index (χ4n) is 6.42. The zero-order valence-corrected chi connectivity index (χ0v) is 25.8. The summed E-state index contributed by atoms with van der Waals surface area (Å²) in [5, 5.41) is 6.00. The van der Waals surface area contributed by atoms with Crippen LogP contribution in [0.2, 0.25) is 0 Å². The monoisotopic (exact) mass is 599 g/mol. The third-order valence-corrected chi connectivity index (χ3v) is 9.92. The first-order valence-corrected chi connectivity index (χ1v) is 16.5. The number of hydrogen-bond donors (Lipinski definition) is 1. The zero-order chi connectivity index (χ0) is 30.0. The van der Waals surface area contributed by atoms with Crippen molar-refractivity contribution in [3.8, 4) is 21.7 Å². The van der Waals surface area contributed by atoms with E-state index in [1.54, 1.807) is 0 Å². The molecule has 1 N–H and O–H groups in total. The van der Waals surface area contributed by atoms with E-state index in [0.717, 1.165) is 47.8 Å². The van der Waals surface area contributed by atoms with Crippen LogP contribution in [-0.2, 0) is 0 Å². The van der Waals surface area contributed by atoms with Gasteiger partial charge in [0.05, 0.1) is 15.9 Å². The lowest BCUT2D eigenvalue weighted by Crippen LogP contribution is -2.30. The van der Waals surface area contributed by atoms with Crippen LogP contribution < -0.4 is 15.2 Å². The van der Waals surface area contributed by atoms with Gasteiger partial charge in [0.1, 0.15) is 10.8 Å². The third-order valence-electron chi connectivity index (χ3n) is 8.82. The van der Waals surface area contributed by atoms with Gasteiger partial charge in [-0.05, 0) is 70.7 Å². The maximum absolute atomic E-state index is 5.24. The number of amidine groups is 1. The van der Waals surface area contributed by atoms with Crippen LogP contribution in [0.15, 0.2) is 150 Å². The summed E-state index contributed by atoms with van der Waals surface area (Å²) in [4.78, 5) is 10.4. The number of rotatable bonds is 6. The Bertz CT molecular complexity index is 2100. The van der Waals surface area contributed by atoms with E-state index in [1.165, 1.54) is 48.9 Å². The van der Waals surface area contributed by atoms with Crippen LogP contribution in [0.5, 0.6) is 0 Å². The minimum Gasteiger partial charge on any atom is -0.340 e. The predicted molar refractivity (Wildman–Crippen MR) is 189 cm³/mol. The van der Waals surface area contributed by atoms with Gasteiger partial charge in [0.2, 0.25) is 0 Å². The molecule has 218 valence electrons. The molecule has 2 heterocycles. The first kappa shape index (κ1) is 27.5. The van der Waals surface area contributed by atoms with Crippen molar-refractivity contribution in [3.63, 3.8) is 0 Å². The van der Waals surface area contributed by atoms with Crippen LogP contribution in [0, 0.1) is 0 Å². The zero-order valence-electron chi connectivity index (χ0n) is 25.0. The lowest BCUT2D eigenvalue weighted by Gasteiger charge is -2.26. The maximum atomic E-state index is 5.24. The number of benzene rings is 4. The Balaban J connectivity index is 1.11. The molecule has 0 bridgehead atoms. The molecular formula is C41H33N3S.